The zero-order valence-electron chi connectivity index (χ0n) is 51.8. The molecule has 0 atom stereocenters. The molecular formula is C76H84BN3S. The molecule has 5 heteroatoms. The van der Waals surface area contributed by atoms with E-state index in [0.717, 1.165) is 23.5 Å². The summed E-state index contributed by atoms with van der Waals surface area (Å²) in [4.78, 5) is 7.89. The second kappa shape index (κ2) is 17.7. The number of thiophene rings is 1. The number of rotatable bonds is 5. The van der Waals surface area contributed by atoms with Crippen LogP contribution in [0.3, 0.4) is 0 Å². The predicted molar refractivity (Wildman–Crippen MR) is 355 cm³/mol. The van der Waals surface area contributed by atoms with Crippen LogP contribution < -0.4 is 31.1 Å². The minimum absolute atomic E-state index is 0.0115. The van der Waals surface area contributed by atoms with Crippen molar-refractivity contribution in [1.29, 1.82) is 0 Å². The standard InChI is InChI=1S/C76H84BN3S/c1-46-37-65-68-66(38-46)80(53-39-55-54-21-19-20-22-67(54)81-69(55)60(41-53)72(8,9)10)63-42-52(78(49-27-23-47(24-28-49)70(2,3)4)50-29-25-48(26-30-50)71(5,6)7)32-34-61(63)77(68)62-43-58-59(76(17,18)45-75(58,15)16)44-64(62)79(65)51-31-33-56-57(40-51)74(13,14)36-35-73(56,11)12/h19-34,37-44H,35-36,45H2,1-18H3. The number of nitrogens with zero attached hydrogens (tertiary/aromatic N) is 3. The van der Waals surface area contributed by atoms with E-state index in [1.165, 1.54) is 128 Å². The SMILES string of the molecule is Cc1cc2c3c(c1)N(c1ccc4c(c1)C(C)(C)CCC4(C)C)c1cc4c(cc1B3c1ccc(N(c3ccc(C(C)(C)C)cc3)c3ccc(C(C)(C)C)cc3)cc1N2c1cc(C(C)(C)C)c2sc3ccccc3c2c1)C(C)(C)CC4(C)C. The Kier molecular flexibility index (Phi) is 11.8. The van der Waals surface area contributed by atoms with E-state index in [4.69, 9.17) is 0 Å². The van der Waals surface area contributed by atoms with Gasteiger partial charge in [-0.1, -0.05) is 178 Å². The molecule has 8 aromatic carbocycles. The van der Waals surface area contributed by atoms with Crippen molar-refractivity contribution in [2.75, 3.05) is 14.7 Å². The summed E-state index contributed by atoms with van der Waals surface area (Å²) in [7, 11) is 0. The molecule has 0 amide bonds. The molecule has 0 fully saturated rings. The Hall–Kier alpha value is -6.56. The summed E-state index contributed by atoms with van der Waals surface area (Å²) < 4.78 is 2.71. The number of hydrogen-bond donors (Lipinski definition) is 0. The van der Waals surface area contributed by atoms with Crippen LogP contribution in [0.1, 0.15) is 181 Å². The number of fused-ring (bicyclic) bond motifs is 9. The molecule has 4 aliphatic rings. The number of benzene rings is 8. The van der Waals surface area contributed by atoms with Crippen LogP contribution in [0.2, 0.25) is 0 Å². The van der Waals surface area contributed by atoms with E-state index in [9.17, 15) is 0 Å². The van der Waals surface area contributed by atoms with E-state index in [0.29, 0.717) is 0 Å². The van der Waals surface area contributed by atoms with Crippen molar-refractivity contribution in [2.45, 2.75) is 182 Å². The Bertz CT molecular complexity index is 3990. The van der Waals surface area contributed by atoms with Crippen LogP contribution in [-0.2, 0) is 37.9 Å². The van der Waals surface area contributed by atoms with Gasteiger partial charge in [0.2, 0.25) is 0 Å². The largest absolute Gasteiger partial charge is 0.311 e. The highest BCUT2D eigenvalue weighted by Crippen LogP contribution is 2.55. The molecule has 0 spiro atoms. The minimum Gasteiger partial charge on any atom is -0.311 e. The van der Waals surface area contributed by atoms with Crippen molar-refractivity contribution in [3.8, 4) is 0 Å². The number of aryl methyl sites for hydroxylation is 1. The molecule has 412 valence electrons. The Morgan fingerprint density at radius 2 is 0.975 bits per heavy atom. The van der Waals surface area contributed by atoms with Gasteiger partial charge in [-0.3, -0.25) is 0 Å². The van der Waals surface area contributed by atoms with E-state index in [2.05, 4.69) is 285 Å². The van der Waals surface area contributed by atoms with Crippen LogP contribution in [0.15, 0.2) is 146 Å². The molecule has 2 aliphatic heterocycles. The van der Waals surface area contributed by atoms with Crippen LogP contribution in [0, 0.1) is 6.92 Å². The maximum absolute atomic E-state index is 2.70. The van der Waals surface area contributed by atoms with E-state index in [1.54, 1.807) is 0 Å². The molecule has 0 unspecified atom stereocenters. The van der Waals surface area contributed by atoms with E-state index >= 15 is 0 Å². The molecule has 1 aromatic heterocycles. The van der Waals surface area contributed by atoms with E-state index < -0.39 is 0 Å². The van der Waals surface area contributed by atoms with Gasteiger partial charge >= 0.3 is 0 Å². The van der Waals surface area contributed by atoms with Crippen molar-refractivity contribution >= 4 is 106 Å². The fraction of sp³-hybridized carbons (Fsp3) is 0.368. The van der Waals surface area contributed by atoms with Crippen LogP contribution in [0.5, 0.6) is 0 Å². The summed E-state index contributed by atoms with van der Waals surface area (Å²) in [5.41, 5.74) is 26.4. The second-order valence-corrected chi connectivity index (χ2v) is 31.7. The maximum Gasteiger partial charge on any atom is 0.252 e. The van der Waals surface area contributed by atoms with Gasteiger partial charge in [0.25, 0.3) is 6.71 Å². The summed E-state index contributed by atoms with van der Waals surface area (Å²) >= 11 is 1.94. The van der Waals surface area contributed by atoms with Crippen LogP contribution >= 0.6 is 11.3 Å². The summed E-state index contributed by atoms with van der Waals surface area (Å²) in [6.45, 7) is 43.1. The lowest BCUT2D eigenvalue weighted by molar-refractivity contribution is 0.332. The van der Waals surface area contributed by atoms with Gasteiger partial charge in [-0.15, -0.1) is 11.3 Å². The first-order valence-corrected chi connectivity index (χ1v) is 30.9. The first kappa shape index (κ1) is 53.7. The molecule has 3 heterocycles. The highest BCUT2D eigenvalue weighted by atomic mass is 32.1. The Morgan fingerprint density at radius 3 is 1.57 bits per heavy atom. The smallest absolute Gasteiger partial charge is 0.252 e. The highest BCUT2D eigenvalue weighted by Gasteiger charge is 2.49. The lowest BCUT2D eigenvalue weighted by Crippen LogP contribution is -2.61. The Morgan fingerprint density at radius 1 is 0.444 bits per heavy atom. The van der Waals surface area contributed by atoms with Gasteiger partial charge in [0.15, 0.2) is 0 Å². The van der Waals surface area contributed by atoms with Crippen molar-refractivity contribution < 1.29 is 0 Å². The van der Waals surface area contributed by atoms with Crippen molar-refractivity contribution in [2.24, 2.45) is 0 Å². The van der Waals surface area contributed by atoms with Gasteiger partial charge in [-0.05, 0) is 210 Å². The van der Waals surface area contributed by atoms with Gasteiger partial charge in [0.05, 0.1) is 0 Å². The average molecular weight is 1080 g/mol. The van der Waals surface area contributed by atoms with Crippen LogP contribution in [-0.4, -0.2) is 6.71 Å². The van der Waals surface area contributed by atoms with Crippen LogP contribution in [0.25, 0.3) is 20.2 Å². The van der Waals surface area contributed by atoms with E-state index in [-0.39, 0.29) is 44.6 Å². The molecule has 0 saturated heterocycles. The first-order valence-electron chi connectivity index (χ1n) is 30.1. The molecule has 0 bridgehead atoms. The van der Waals surface area contributed by atoms with Gasteiger partial charge in [0, 0.05) is 71.4 Å². The first-order chi connectivity index (χ1) is 37.9. The lowest BCUT2D eigenvalue weighted by Gasteiger charge is -2.46. The third-order valence-electron chi connectivity index (χ3n) is 19.5. The fourth-order valence-electron chi connectivity index (χ4n) is 15.2. The normalized spacial score (nSPS) is 17.4. The van der Waals surface area contributed by atoms with Crippen molar-refractivity contribution in [3.63, 3.8) is 0 Å². The molecule has 9 aromatic rings. The zero-order chi connectivity index (χ0) is 57.5. The highest BCUT2D eigenvalue weighted by molar-refractivity contribution is 7.26. The fourth-order valence-corrected chi connectivity index (χ4v) is 16.6. The Balaban J connectivity index is 1.13. The summed E-state index contributed by atoms with van der Waals surface area (Å²) in [6.07, 6.45) is 3.46. The summed E-state index contributed by atoms with van der Waals surface area (Å²) in [5.74, 6) is 0. The van der Waals surface area contributed by atoms with Gasteiger partial charge < -0.3 is 14.7 Å². The molecule has 3 nitrogen and oxygen atoms in total. The molecule has 0 saturated carbocycles. The quantitative estimate of drug-likeness (QED) is 0.159. The predicted octanol–water partition coefficient (Wildman–Crippen LogP) is 20.1. The number of hydrogen-bond acceptors (Lipinski definition) is 4. The van der Waals surface area contributed by atoms with Crippen molar-refractivity contribution in [3.05, 3.63) is 190 Å². The van der Waals surface area contributed by atoms with Gasteiger partial charge in [-0.2, -0.15) is 0 Å². The molecule has 81 heavy (non-hydrogen) atoms. The molecular weight excluding hydrogens is 998 g/mol. The maximum atomic E-state index is 2.70. The summed E-state index contributed by atoms with van der Waals surface area (Å²) in [6, 6.07) is 58.2. The molecule has 0 N–H and O–H groups in total. The molecule has 2 aliphatic carbocycles. The third kappa shape index (κ3) is 8.55. The topological polar surface area (TPSA) is 9.72 Å². The monoisotopic (exact) mass is 1080 g/mol. The lowest BCUT2D eigenvalue weighted by atomic mass is 9.33. The second-order valence-electron chi connectivity index (χ2n) is 30.6. The Labute approximate surface area is 489 Å². The minimum atomic E-state index is -0.120. The van der Waals surface area contributed by atoms with Gasteiger partial charge in [0.1, 0.15) is 0 Å². The molecule has 13 rings (SSSR count). The van der Waals surface area contributed by atoms with Gasteiger partial charge in [-0.25, -0.2) is 0 Å². The average Bonchev–Trinajstić information content (AvgIpc) is 3.35. The van der Waals surface area contributed by atoms with Crippen molar-refractivity contribution in [1.82, 2.24) is 0 Å². The zero-order valence-corrected chi connectivity index (χ0v) is 52.6. The van der Waals surface area contributed by atoms with Crippen LogP contribution in [0.4, 0.5) is 51.2 Å². The molecule has 0 radical (unpaired) electrons. The summed E-state index contributed by atoms with van der Waals surface area (Å²) in [5, 5.41) is 2.65. The number of anilines is 9. The third-order valence-corrected chi connectivity index (χ3v) is 20.8. The van der Waals surface area contributed by atoms with E-state index in [1.807, 2.05) is 11.3 Å².